The van der Waals surface area contributed by atoms with Crippen molar-refractivity contribution in [1.29, 1.82) is 0 Å². The Labute approximate surface area is 112 Å². The van der Waals surface area contributed by atoms with Crippen LogP contribution in [-0.4, -0.2) is 0 Å². The zero-order valence-corrected chi connectivity index (χ0v) is 11.2. The van der Waals surface area contributed by atoms with Gasteiger partial charge in [-0.15, -0.1) is 0 Å². The van der Waals surface area contributed by atoms with Gasteiger partial charge in [0.25, 0.3) is 0 Å². The van der Waals surface area contributed by atoms with Gasteiger partial charge in [0.05, 0.1) is 0 Å². The fraction of sp³-hybridized carbons (Fsp3) is 0.200. The third kappa shape index (κ3) is 3.02. The Morgan fingerprint density at radius 3 is 2.50 bits per heavy atom. The smallest absolute Gasteiger partial charge is 0.123 e. The molecule has 0 aliphatic carbocycles. The van der Waals surface area contributed by atoms with Crippen molar-refractivity contribution in [2.75, 3.05) is 5.32 Å². The van der Waals surface area contributed by atoms with Gasteiger partial charge in [-0.05, 0) is 54.8 Å². The molecule has 0 saturated carbocycles. The van der Waals surface area contributed by atoms with Crippen molar-refractivity contribution in [3.8, 4) is 0 Å². The maximum absolute atomic E-state index is 13.0. The number of halogens is 2. The molecule has 0 spiro atoms. The van der Waals surface area contributed by atoms with Crippen molar-refractivity contribution in [2.45, 2.75) is 20.4 Å². The van der Waals surface area contributed by atoms with Crippen LogP contribution in [0.1, 0.15) is 16.7 Å². The van der Waals surface area contributed by atoms with E-state index in [1.807, 2.05) is 32.0 Å². The zero-order chi connectivity index (χ0) is 13.1. The van der Waals surface area contributed by atoms with Crippen molar-refractivity contribution >= 4 is 17.3 Å². The van der Waals surface area contributed by atoms with Crippen LogP contribution in [0.4, 0.5) is 10.1 Å². The SMILES string of the molecule is Cc1ccc(CNc2ccc(F)cc2C)cc1Cl. The molecule has 2 aromatic carbocycles. The number of benzene rings is 2. The van der Waals surface area contributed by atoms with E-state index in [0.717, 1.165) is 27.4 Å². The molecule has 3 heteroatoms. The van der Waals surface area contributed by atoms with E-state index in [4.69, 9.17) is 11.6 Å². The fourth-order valence-electron chi connectivity index (χ4n) is 1.77. The molecule has 1 N–H and O–H groups in total. The predicted octanol–water partition coefficient (Wildman–Crippen LogP) is 4.71. The van der Waals surface area contributed by atoms with Gasteiger partial charge in [-0.25, -0.2) is 4.39 Å². The predicted molar refractivity (Wildman–Crippen MR) is 74.7 cm³/mol. The summed E-state index contributed by atoms with van der Waals surface area (Å²) in [5, 5.41) is 4.05. The van der Waals surface area contributed by atoms with Crippen LogP contribution in [0.25, 0.3) is 0 Å². The molecule has 0 heterocycles. The highest BCUT2D eigenvalue weighted by Crippen LogP contribution is 2.19. The quantitative estimate of drug-likeness (QED) is 0.846. The van der Waals surface area contributed by atoms with E-state index in [0.29, 0.717) is 6.54 Å². The molecule has 2 aromatic rings. The van der Waals surface area contributed by atoms with Crippen LogP contribution in [0.3, 0.4) is 0 Å². The Balaban J connectivity index is 2.09. The van der Waals surface area contributed by atoms with Gasteiger partial charge >= 0.3 is 0 Å². The van der Waals surface area contributed by atoms with Crippen molar-refractivity contribution in [3.63, 3.8) is 0 Å². The van der Waals surface area contributed by atoms with E-state index in [1.54, 1.807) is 6.07 Å². The van der Waals surface area contributed by atoms with E-state index >= 15 is 0 Å². The van der Waals surface area contributed by atoms with Gasteiger partial charge < -0.3 is 5.32 Å². The molecular formula is C15H15ClFN. The molecule has 0 unspecified atom stereocenters. The highest BCUT2D eigenvalue weighted by molar-refractivity contribution is 6.31. The molecular weight excluding hydrogens is 249 g/mol. The lowest BCUT2D eigenvalue weighted by Crippen LogP contribution is -2.01. The first kappa shape index (κ1) is 12.9. The Morgan fingerprint density at radius 1 is 1.06 bits per heavy atom. The molecule has 0 saturated heterocycles. The average molecular weight is 264 g/mol. The Morgan fingerprint density at radius 2 is 1.83 bits per heavy atom. The molecule has 0 aliphatic heterocycles. The number of anilines is 1. The fourth-order valence-corrected chi connectivity index (χ4v) is 1.97. The van der Waals surface area contributed by atoms with Gasteiger partial charge in [-0.3, -0.25) is 0 Å². The van der Waals surface area contributed by atoms with Gasteiger partial charge in [-0.1, -0.05) is 23.7 Å². The normalized spacial score (nSPS) is 10.4. The zero-order valence-electron chi connectivity index (χ0n) is 10.4. The Kier molecular flexibility index (Phi) is 3.87. The van der Waals surface area contributed by atoms with Crippen LogP contribution in [0.2, 0.25) is 5.02 Å². The lowest BCUT2D eigenvalue weighted by molar-refractivity contribution is 0.627. The maximum Gasteiger partial charge on any atom is 0.123 e. The van der Waals surface area contributed by atoms with Gasteiger partial charge in [0.2, 0.25) is 0 Å². The lowest BCUT2D eigenvalue weighted by atomic mass is 10.1. The lowest BCUT2D eigenvalue weighted by Gasteiger charge is -2.10. The summed E-state index contributed by atoms with van der Waals surface area (Å²) >= 11 is 6.07. The summed E-state index contributed by atoms with van der Waals surface area (Å²) in [6.07, 6.45) is 0. The minimum absolute atomic E-state index is 0.212. The molecule has 1 nitrogen and oxygen atoms in total. The average Bonchev–Trinajstić information content (AvgIpc) is 2.32. The van der Waals surface area contributed by atoms with Crippen LogP contribution in [0.5, 0.6) is 0 Å². The van der Waals surface area contributed by atoms with Crippen LogP contribution in [0, 0.1) is 19.7 Å². The van der Waals surface area contributed by atoms with Crippen LogP contribution in [-0.2, 0) is 6.54 Å². The topological polar surface area (TPSA) is 12.0 Å². The minimum Gasteiger partial charge on any atom is -0.381 e. The van der Waals surface area contributed by atoms with Gasteiger partial charge in [0.1, 0.15) is 5.82 Å². The molecule has 0 atom stereocenters. The van der Waals surface area contributed by atoms with Crippen molar-refractivity contribution in [1.82, 2.24) is 0 Å². The first-order chi connectivity index (χ1) is 8.56. The summed E-state index contributed by atoms with van der Waals surface area (Å²) < 4.78 is 13.0. The van der Waals surface area contributed by atoms with Gasteiger partial charge in [-0.2, -0.15) is 0 Å². The standard InChI is InChI=1S/C15H15ClFN/c1-10-3-4-12(8-14(10)16)9-18-15-6-5-13(17)7-11(15)2/h3-8,18H,9H2,1-2H3. The van der Waals surface area contributed by atoms with Crippen molar-refractivity contribution in [2.24, 2.45) is 0 Å². The second-order valence-electron chi connectivity index (χ2n) is 4.40. The highest BCUT2D eigenvalue weighted by Gasteiger charge is 2.01. The number of hydrogen-bond donors (Lipinski definition) is 1. The van der Waals surface area contributed by atoms with E-state index in [2.05, 4.69) is 5.32 Å². The molecule has 0 bridgehead atoms. The monoisotopic (exact) mass is 263 g/mol. The molecule has 0 radical (unpaired) electrons. The molecule has 0 aliphatic rings. The first-order valence-corrected chi connectivity index (χ1v) is 6.19. The number of aryl methyl sites for hydroxylation is 2. The number of nitrogens with one attached hydrogen (secondary N) is 1. The second-order valence-corrected chi connectivity index (χ2v) is 4.80. The van der Waals surface area contributed by atoms with Gasteiger partial charge in [0.15, 0.2) is 0 Å². The van der Waals surface area contributed by atoms with Crippen molar-refractivity contribution < 1.29 is 4.39 Å². The number of hydrogen-bond acceptors (Lipinski definition) is 1. The summed E-state index contributed by atoms with van der Waals surface area (Å²) in [7, 11) is 0. The van der Waals surface area contributed by atoms with E-state index in [9.17, 15) is 4.39 Å². The second kappa shape index (κ2) is 5.40. The van der Waals surface area contributed by atoms with Crippen molar-refractivity contribution in [3.05, 3.63) is 63.9 Å². The van der Waals surface area contributed by atoms with E-state index in [-0.39, 0.29) is 5.82 Å². The summed E-state index contributed by atoms with van der Waals surface area (Å²) in [4.78, 5) is 0. The summed E-state index contributed by atoms with van der Waals surface area (Å²) in [5.74, 6) is -0.212. The third-order valence-electron chi connectivity index (χ3n) is 2.91. The van der Waals surface area contributed by atoms with Crippen LogP contribution >= 0.6 is 11.6 Å². The van der Waals surface area contributed by atoms with Gasteiger partial charge in [0, 0.05) is 17.3 Å². The molecule has 0 amide bonds. The molecule has 2 rings (SSSR count). The summed E-state index contributed by atoms with van der Waals surface area (Å²) in [6, 6.07) is 10.7. The largest absolute Gasteiger partial charge is 0.381 e. The molecule has 0 aromatic heterocycles. The molecule has 0 fully saturated rings. The molecule has 18 heavy (non-hydrogen) atoms. The Hall–Kier alpha value is -1.54. The summed E-state index contributed by atoms with van der Waals surface area (Å²) in [6.45, 7) is 4.53. The van der Waals surface area contributed by atoms with E-state index < -0.39 is 0 Å². The highest BCUT2D eigenvalue weighted by atomic mass is 35.5. The first-order valence-electron chi connectivity index (χ1n) is 5.81. The van der Waals surface area contributed by atoms with Crippen LogP contribution in [0.15, 0.2) is 36.4 Å². The summed E-state index contributed by atoms with van der Waals surface area (Å²) in [5.41, 5.74) is 4.01. The number of rotatable bonds is 3. The maximum atomic E-state index is 13.0. The molecule has 94 valence electrons. The van der Waals surface area contributed by atoms with Crippen LogP contribution < -0.4 is 5.32 Å². The Bertz CT molecular complexity index is 566. The van der Waals surface area contributed by atoms with E-state index in [1.165, 1.54) is 12.1 Å². The minimum atomic E-state index is -0.212. The third-order valence-corrected chi connectivity index (χ3v) is 3.31.